The van der Waals surface area contributed by atoms with Crippen LogP contribution in [0.4, 0.5) is 0 Å². The SMILES string of the molecule is Cc1ccc2c(c1)cc1n2C[C@](c2ccccc2)([N+](=O)[O-])CC1. The molecule has 0 radical (unpaired) electrons. The molecule has 1 atom stereocenters. The molecular weight excluding hydrogens is 288 g/mol. The molecule has 0 spiro atoms. The van der Waals surface area contributed by atoms with Crippen molar-refractivity contribution in [1.82, 2.24) is 4.57 Å². The van der Waals surface area contributed by atoms with Crippen LogP contribution in [-0.2, 0) is 18.5 Å². The Morgan fingerprint density at radius 2 is 1.91 bits per heavy atom. The molecule has 0 bridgehead atoms. The van der Waals surface area contributed by atoms with E-state index >= 15 is 0 Å². The average Bonchev–Trinajstić information content (AvgIpc) is 2.91. The third kappa shape index (κ3) is 2.05. The summed E-state index contributed by atoms with van der Waals surface area (Å²) < 4.78 is 2.13. The van der Waals surface area contributed by atoms with Crippen molar-refractivity contribution >= 4 is 10.9 Å². The van der Waals surface area contributed by atoms with E-state index in [0.29, 0.717) is 13.0 Å². The van der Waals surface area contributed by atoms with Gasteiger partial charge in [-0.15, -0.1) is 0 Å². The van der Waals surface area contributed by atoms with Gasteiger partial charge in [0.05, 0.1) is 6.54 Å². The number of nitrogens with zero attached hydrogens (tertiary/aromatic N) is 2. The Hall–Kier alpha value is -2.62. The van der Waals surface area contributed by atoms with Crippen molar-refractivity contribution in [2.24, 2.45) is 0 Å². The minimum absolute atomic E-state index is 0.0920. The summed E-state index contributed by atoms with van der Waals surface area (Å²) in [6.45, 7) is 2.47. The number of hydrogen-bond acceptors (Lipinski definition) is 2. The van der Waals surface area contributed by atoms with E-state index in [1.165, 1.54) is 16.6 Å². The highest BCUT2D eigenvalue weighted by Gasteiger charge is 2.47. The van der Waals surface area contributed by atoms with Gasteiger partial charge in [0.25, 0.3) is 5.54 Å². The zero-order valence-corrected chi connectivity index (χ0v) is 13.0. The van der Waals surface area contributed by atoms with Crippen LogP contribution in [0.3, 0.4) is 0 Å². The molecule has 0 amide bonds. The van der Waals surface area contributed by atoms with Gasteiger partial charge in [0.15, 0.2) is 0 Å². The van der Waals surface area contributed by atoms with E-state index in [9.17, 15) is 10.1 Å². The Balaban J connectivity index is 1.88. The summed E-state index contributed by atoms with van der Waals surface area (Å²) >= 11 is 0. The van der Waals surface area contributed by atoms with E-state index in [0.717, 1.165) is 17.5 Å². The molecule has 0 saturated carbocycles. The van der Waals surface area contributed by atoms with E-state index in [-0.39, 0.29) is 4.92 Å². The van der Waals surface area contributed by atoms with Crippen LogP contribution >= 0.6 is 0 Å². The van der Waals surface area contributed by atoms with Gasteiger partial charge in [0.1, 0.15) is 0 Å². The van der Waals surface area contributed by atoms with Crippen molar-refractivity contribution in [3.05, 3.63) is 81.5 Å². The molecule has 0 aliphatic carbocycles. The molecule has 0 saturated heterocycles. The number of fused-ring (bicyclic) bond motifs is 3. The molecule has 2 heterocycles. The Labute approximate surface area is 134 Å². The topological polar surface area (TPSA) is 48.1 Å². The standard InChI is InChI=1S/C19H18N2O2/c1-14-7-8-18-15(11-14)12-17-9-10-19(21(22)23,13-20(17)18)16-5-3-2-4-6-16/h2-8,11-12H,9-10,13H2,1H3/t19-/m1/s1. The molecular formula is C19H18N2O2. The van der Waals surface area contributed by atoms with E-state index in [2.05, 4.69) is 35.8 Å². The number of nitro groups is 1. The first-order chi connectivity index (χ1) is 11.1. The Bertz CT molecular complexity index is 898. The van der Waals surface area contributed by atoms with Gasteiger partial charge in [-0.2, -0.15) is 0 Å². The maximum atomic E-state index is 12.0. The van der Waals surface area contributed by atoms with Crippen LogP contribution in [0.1, 0.15) is 23.2 Å². The number of rotatable bonds is 2. The zero-order valence-electron chi connectivity index (χ0n) is 13.0. The van der Waals surface area contributed by atoms with Gasteiger partial charge in [-0.05, 0) is 31.5 Å². The second-order valence-electron chi connectivity index (χ2n) is 6.44. The molecule has 23 heavy (non-hydrogen) atoms. The predicted molar refractivity (Wildman–Crippen MR) is 90.1 cm³/mol. The first-order valence-corrected chi connectivity index (χ1v) is 7.89. The second kappa shape index (κ2) is 4.95. The van der Waals surface area contributed by atoms with E-state index in [1.54, 1.807) is 0 Å². The van der Waals surface area contributed by atoms with Crippen molar-refractivity contribution in [3.63, 3.8) is 0 Å². The summed E-state index contributed by atoms with van der Waals surface area (Å²) in [6, 6.07) is 17.9. The highest BCUT2D eigenvalue weighted by molar-refractivity contribution is 5.82. The Kier molecular flexibility index (Phi) is 3.01. The summed E-state index contributed by atoms with van der Waals surface area (Å²) in [5.74, 6) is 0. The van der Waals surface area contributed by atoms with Gasteiger partial charge in [-0.3, -0.25) is 10.1 Å². The lowest BCUT2D eigenvalue weighted by atomic mass is 9.83. The first-order valence-electron chi connectivity index (χ1n) is 7.89. The summed E-state index contributed by atoms with van der Waals surface area (Å²) in [4.78, 5) is 11.9. The molecule has 4 nitrogen and oxygen atoms in total. The van der Waals surface area contributed by atoms with E-state index < -0.39 is 5.54 Å². The minimum Gasteiger partial charge on any atom is -0.337 e. The molecule has 0 unspecified atom stereocenters. The van der Waals surface area contributed by atoms with Crippen molar-refractivity contribution in [3.8, 4) is 0 Å². The van der Waals surface area contributed by atoms with Crippen LogP contribution in [0.5, 0.6) is 0 Å². The summed E-state index contributed by atoms with van der Waals surface area (Å²) in [5, 5.41) is 13.2. The normalized spacial score (nSPS) is 20.4. The smallest absolute Gasteiger partial charge is 0.264 e. The molecule has 1 aliphatic rings. The molecule has 3 aromatic rings. The second-order valence-corrected chi connectivity index (χ2v) is 6.44. The lowest BCUT2D eigenvalue weighted by Gasteiger charge is -2.31. The Morgan fingerprint density at radius 1 is 1.13 bits per heavy atom. The van der Waals surface area contributed by atoms with Crippen LogP contribution in [0.25, 0.3) is 10.9 Å². The zero-order chi connectivity index (χ0) is 16.0. The molecule has 4 heteroatoms. The van der Waals surface area contributed by atoms with Gasteiger partial charge >= 0.3 is 0 Å². The minimum atomic E-state index is -1.04. The van der Waals surface area contributed by atoms with Gasteiger partial charge < -0.3 is 4.57 Å². The quantitative estimate of drug-likeness (QED) is 0.529. The number of aryl methyl sites for hydroxylation is 2. The van der Waals surface area contributed by atoms with Crippen molar-refractivity contribution in [2.45, 2.75) is 31.8 Å². The maximum absolute atomic E-state index is 12.0. The van der Waals surface area contributed by atoms with Crippen molar-refractivity contribution in [1.29, 1.82) is 0 Å². The molecule has 4 rings (SSSR count). The van der Waals surface area contributed by atoms with E-state index in [1.807, 2.05) is 30.3 Å². The predicted octanol–water partition coefficient (Wildman–Crippen LogP) is 4.07. The van der Waals surface area contributed by atoms with Gasteiger partial charge in [0.2, 0.25) is 0 Å². The number of benzene rings is 2. The third-order valence-corrected chi connectivity index (χ3v) is 5.02. The average molecular weight is 306 g/mol. The van der Waals surface area contributed by atoms with Gasteiger partial charge in [-0.25, -0.2) is 0 Å². The first kappa shape index (κ1) is 14.0. The molecule has 1 aromatic heterocycles. The highest BCUT2D eigenvalue weighted by atomic mass is 16.6. The summed E-state index contributed by atoms with van der Waals surface area (Å²) in [5.41, 5.74) is 3.26. The lowest BCUT2D eigenvalue weighted by molar-refractivity contribution is -0.585. The number of hydrogen-bond donors (Lipinski definition) is 0. The van der Waals surface area contributed by atoms with Crippen LogP contribution in [0.15, 0.2) is 54.6 Å². The molecule has 0 fully saturated rings. The van der Waals surface area contributed by atoms with Crippen LogP contribution in [0, 0.1) is 17.0 Å². The summed E-state index contributed by atoms with van der Waals surface area (Å²) in [6.07, 6.45) is 1.27. The fourth-order valence-electron chi connectivity index (χ4n) is 3.76. The molecule has 2 aromatic carbocycles. The van der Waals surface area contributed by atoms with Crippen LogP contribution in [0.2, 0.25) is 0 Å². The van der Waals surface area contributed by atoms with Crippen molar-refractivity contribution < 1.29 is 4.92 Å². The van der Waals surface area contributed by atoms with Crippen LogP contribution in [-0.4, -0.2) is 9.49 Å². The highest BCUT2D eigenvalue weighted by Crippen LogP contribution is 2.38. The molecule has 0 N–H and O–H groups in total. The monoisotopic (exact) mass is 306 g/mol. The summed E-state index contributed by atoms with van der Waals surface area (Å²) in [7, 11) is 0. The van der Waals surface area contributed by atoms with Gasteiger partial charge in [0, 0.05) is 33.5 Å². The van der Waals surface area contributed by atoms with Crippen molar-refractivity contribution in [2.75, 3.05) is 0 Å². The van der Waals surface area contributed by atoms with E-state index in [4.69, 9.17) is 0 Å². The Morgan fingerprint density at radius 3 is 2.65 bits per heavy atom. The molecule has 1 aliphatic heterocycles. The van der Waals surface area contributed by atoms with Gasteiger partial charge in [-0.1, -0.05) is 42.0 Å². The fraction of sp³-hybridized carbons (Fsp3) is 0.263. The maximum Gasteiger partial charge on any atom is 0.264 e. The third-order valence-electron chi connectivity index (χ3n) is 5.02. The molecule has 116 valence electrons. The number of aromatic nitrogens is 1. The lowest BCUT2D eigenvalue weighted by Crippen LogP contribution is -2.43. The van der Waals surface area contributed by atoms with Crippen LogP contribution < -0.4 is 0 Å². The fourth-order valence-corrected chi connectivity index (χ4v) is 3.76. The largest absolute Gasteiger partial charge is 0.337 e.